The first kappa shape index (κ1) is 21.1. The minimum atomic E-state index is -1.85. The minimum absolute atomic E-state index is 0.0571. The number of hydrogen-bond donors (Lipinski definition) is 1. The average molecular weight is 433 g/mol. The van der Waals surface area contributed by atoms with Gasteiger partial charge in [-0.05, 0) is 26.0 Å². The van der Waals surface area contributed by atoms with Gasteiger partial charge < -0.3 is 20.1 Å². The lowest BCUT2D eigenvalue weighted by Crippen LogP contribution is -2.48. The summed E-state index contributed by atoms with van der Waals surface area (Å²) in [5, 5.41) is 9.99. The van der Waals surface area contributed by atoms with Gasteiger partial charge in [0, 0.05) is 16.8 Å². The van der Waals surface area contributed by atoms with E-state index in [1.165, 1.54) is 17.9 Å². The largest absolute Gasteiger partial charge is 0.462 e. The fraction of sp³-hybridized carbons (Fsp3) is 0.208. The Morgan fingerprint density at radius 1 is 1.25 bits per heavy atom. The molecule has 0 fully saturated rings. The molecule has 0 unspecified atom stereocenters. The summed E-state index contributed by atoms with van der Waals surface area (Å²) in [7, 11) is 0. The van der Waals surface area contributed by atoms with E-state index >= 15 is 0 Å². The van der Waals surface area contributed by atoms with Gasteiger partial charge >= 0.3 is 5.97 Å². The van der Waals surface area contributed by atoms with Crippen molar-refractivity contribution in [2.24, 2.45) is 5.73 Å². The molecule has 7 nitrogen and oxygen atoms in total. The minimum Gasteiger partial charge on any atom is -0.462 e. The standard InChI is InChI=1S/C24H20FN3O4/c1-3-31-22(29)20-14(2)32-21(27)17(12-26)24(20)16-9-5-7-11-19(16)28(23(24)30)13-15-8-4-6-10-18(15)25/h4-11H,3,13,27H2,1-2H3/t24-/m1/s1. The van der Waals surface area contributed by atoms with E-state index in [2.05, 4.69) is 0 Å². The van der Waals surface area contributed by atoms with Crippen LogP contribution < -0.4 is 10.6 Å². The zero-order chi connectivity index (χ0) is 23.0. The molecule has 1 amide bonds. The number of para-hydroxylation sites is 1. The highest BCUT2D eigenvalue weighted by atomic mass is 19.1. The SMILES string of the molecule is CCOC(=O)C1=C(C)OC(N)=C(C#N)[C@@]12C(=O)N(Cc1ccccc1F)c1ccccc12. The predicted octanol–water partition coefficient (Wildman–Crippen LogP) is 3.17. The van der Waals surface area contributed by atoms with Gasteiger partial charge in [0.1, 0.15) is 28.8 Å². The van der Waals surface area contributed by atoms with Crippen LogP contribution in [0.15, 0.2) is 71.3 Å². The Balaban J connectivity index is 2.00. The molecule has 0 saturated carbocycles. The molecule has 2 aromatic carbocycles. The second-order valence-corrected chi connectivity index (χ2v) is 7.35. The van der Waals surface area contributed by atoms with E-state index in [4.69, 9.17) is 15.2 Å². The molecule has 2 heterocycles. The fourth-order valence-electron chi connectivity index (χ4n) is 4.37. The van der Waals surface area contributed by atoms with E-state index in [1.54, 1.807) is 49.4 Å². The van der Waals surface area contributed by atoms with Crippen molar-refractivity contribution in [3.63, 3.8) is 0 Å². The number of nitrogens with two attached hydrogens (primary N) is 1. The quantitative estimate of drug-likeness (QED) is 0.743. The van der Waals surface area contributed by atoms with Crippen LogP contribution in [0.1, 0.15) is 25.0 Å². The van der Waals surface area contributed by atoms with Crippen molar-refractivity contribution in [1.82, 2.24) is 0 Å². The van der Waals surface area contributed by atoms with Crippen LogP contribution >= 0.6 is 0 Å². The summed E-state index contributed by atoms with van der Waals surface area (Å²) in [6.07, 6.45) is 0. The highest BCUT2D eigenvalue weighted by Crippen LogP contribution is 2.54. The maximum Gasteiger partial charge on any atom is 0.339 e. The van der Waals surface area contributed by atoms with Crippen molar-refractivity contribution < 1.29 is 23.5 Å². The first-order valence-electron chi connectivity index (χ1n) is 9.99. The summed E-state index contributed by atoms with van der Waals surface area (Å²) < 4.78 is 25.1. The van der Waals surface area contributed by atoms with Crippen LogP contribution in [-0.4, -0.2) is 18.5 Å². The summed E-state index contributed by atoms with van der Waals surface area (Å²) >= 11 is 0. The van der Waals surface area contributed by atoms with Gasteiger partial charge in [-0.25, -0.2) is 9.18 Å². The predicted molar refractivity (Wildman–Crippen MR) is 113 cm³/mol. The Morgan fingerprint density at radius 2 is 1.94 bits per heavy atom. The Hall–Kier alpha value is -4.12. The Morgan fingerprint density at radius 3 is 2.62 bits per heavy atom. The molecule has 2 aliphatic heterocycles. The number of carbonyl (C=O) groups excluding carboxylic acids is 2. The molecule has 0 aromatic heterocycles. The number of hydrogen-bond acceptors (Lipinski definition) is 6. The molecule has 4 rings (SSSR count). The van der Waals surface area contributed by atoms with Crippen molar-refractivity contribution >= 4 is 17.6 Å². The zero-order valence-corrected chi connectivity index (χ0v) is 17.5. The Bertz CT molecular complexity index is 1240. The van der Waals surface area contributed by atoms with Crippen LogP contribution in [0.2, 0.25) is 0 Å². The third-order valence-electron chi connectivity index (χ3n) is 5.65. The third kappa shape index (κ3) is 2.86. The normalized spacial score (nSPS) is 19.7. The van der Waals surface area contributed by atoms with Gasteiger partial charge in [-0.2, -0.15) is 5.26 Å². The number of carbonyl (C=O) groups is 2. The highest BCUT2D eigenvalue weighted by molar-refractivity contribution is 6.18. The third-order valence-corrected chi connectivity index (χ3v) is 5.65. The number of halogens is 1. The van der Waals surface area contributed by atoms with E-state index in [-0.39, 0.29) is 41.5 Å². The summed E-state index contributed by atoms with van der Waals surface area (Å²) in [6.45, 7) is 3.08. The molecule has 1 spiro atoms. The molecule has 0 aliphatic carbocycles. The van der Waals surface area contributed by atoms with Crippen LogP contribution in [0.3, 0.4) is 0 Å². The maximum atomic E-state index is 14.4. The summed E-state index contributed by atoms with van der Waals surface area (Å²) in [6, 6.07) is 14.8. The molecule has 32 heavy (non-hydrogen) atoms. The van der Waals surface area contributed by atoms with E-state index in [9.17, 15) is 19.2 Å². The Labute approximate surface area is 184 Å². The number of benzene rings is 2. The topological polar surface area (TPSA) is 106 Å². The molecule has 2 N–H and O–H groups in total. The maximum absolute atomic E-state index is 14.4. The summed E-state index contributed by atoms with van der Waals surface area (Å²) in [4.78, 5) is 28.5. The summed E-state index contributed by atoms with van der Waals surface area (Å²) in [5.74, 6) is -2.07. The van der Waals surface area contributed by atoms with Gasteiger partial charge in [0.05, 0.1) is 13.2 Å². The van der Waals surface area contributed by atoms with Crippen molar-refractivity contribution in [1.29, 1.82) is 5.26 Å². The van der Waals surface area contributed by atoms with Crippen molar-refractivity contribution in [2.45, 2.75) is 25.8 Å². The molecule has 0 saturated heterocycles. The van der Waals surface area contributed by atoms with E-state index in [1.807, 2.05) is 6.07 Å². The van der Waals surface area contributed by atoms with Crippen molar-refractivity contribution in [2.75, 3.05) is 11.5 Å². The molecular formula is C24H20FN3O4. The number of esters is 1. The van der Waals surface area contributed by atoms with E-state index in [0.717, 1.165) is 0 Å². The second-order valence-electron chi connectivity index (χ2n) is 7.35. The second kappa shape index (κ2) is 7.85. The van der Waals surface area contributed by atoms with Gasteiger partial charge in [-0.1, -0.05) is 36.4 Å². The number of allylic oxidation sites excluding steroid dienone is 1. The monoisotopic (exact) mass is 433 g/mol. The van der Waals surface area contributed by atoms with Gasteiger partial charge in [-0.15, -0.1) is 0 Å². The van der Waals surface area contributed by atoms with Gasteiger partial charge in [0.25, 0.3) is 0 Å². The van der Waals surface area contributed by atoms with Crippen molar-refractivity contribution in [3.05, 3.63) is 88.3 Å². The molecule has 162 valence electrons. The lowest BCUT2D eigenvalue weighted by molar-refractivity contribution is -0.141. The van der Waals surface area contributed by atoms with Gasteiger partial charge in [0.15, 0.2) is 5.41 Å². The molecule has 2 aromatic rings. The van der Waals surface area contributed by atoms with Crippen LogP contribution in [0.25, 0.3) is 0 Å². The fourth-order valence-corrected chi connectivity index (χ4v) is 4.37. The highest BCUT2D eigenvalue weighted by Gasteiger charge is 2.62. The molecule has 0 radical (unpaired) electrons. The van der Waals surface area contributed by atoms with Crippen LogP contribution in [0.5, 0.6) is 0 Å². The number of ether oxygens (including phenoxy) is 2. The van der Waals surface area contributed by atoms with Gasteiger partial charge in [-0.3, -0.25) is 4.79 Å². The van der Waals surface area contributed by atoms with Crippen LogP contribution in [0.4, 0.5) is 10.1 Å². The van der Waals surface area contributed by atoms with Crippen molar-refractivity contribution in [3.8, 4) is 6.07 Å². The lowest BCUT2D eigenvalue weighted by atomic mass is 9.68. The molecule has 8 heteroatoms. The number of fused-ring (bicyclic) bond motifs is 2. The smallest absolute Gasteiger partial charge is 0.339 e. The van der Waals surface area contributed by atoms with Gasteiger partial charge in [0.2, 0.25) is 11.8 Å². The molecule has 0 bridgehead atoms. The first-order valence-corrected chi connectivity index (χ1v) is 9.99. The molecule has 2 aliphatic rings. The van der Waals surface area contributed by atoms with E-state index < -0.39 is 23.1 Å². The van der Waals surface area contributed by atoms with Crippen LogP contribution in [-0.2, 0) is 31.0 Å². The van der Waals surface area contributed by atoms with Crippen LogP contribution in [0, 0.1) is 17.1 Å². The van der Waals surface area contributed by atoms with E-state index in [0.29, 0.717) is 11.3 Å². The number of nitriles is 1. The average Bonchev–Trinajstić information content (AvgIpc) is 2.99. The zero-order valence-electron chi connectivity index (χ0n) is 17.5. The Kier molecular flexibility index (Phi) is 5.18. The number of anilines is 1. The number of rotatable bonds is 4. The molecular weight excluding hydrogens is 413 g/mol. The number of amides is 1. The lowest BCUT2D eigenvalue weighted by Gasteiger charge is -2.34. The summed E-state index contributed by atoms with van der Waals surface area (Å²) in [5.41, 5.74) is 4.97. The molecule has 1 atom stereocenters. The number of nitrogens with zero attached hydrogens (tertiary/aromatic N) is 2. The first-order chi connectivity index (χ1) is 15.4.